The first kappa shape index (κ1) is 12.6. The van der Waals surface area contributed by atoms with Crippen LogP contribution in [0.15, 0.2) is 18.2 Å². The average molecular weight is 261 g/mol. The third kappa shape index (κ3) is 2.26. The van der Waals surface area contributed by atoms with Crippen LogP contribution in [0.25, 0.3) is 0 Å². The van der Waals surface area contributed by atoms with Crippen LogP contribution in [0.1, 0.15) is 36.5 Å². The van der Waals surface area contributed by atoms with E-state index < -0.39 is 6.10 Å². The summed E-state index contributed by atoms with van der Waals surface area (Å²) in [7, 11) is 0. The summed E-state index contributed by atoms with van der Waals surface area (Å²) in [5.41, 5.74) is 3.00. The molecule has 0 aromatic heterocycles. The number of aryl methyl sites for hydroxylation is 1. The van der Waals surface area contributed by atoms with Crippen LogP contribution in [0.2, 0.25) is 0 Å². The SMILES string of the molecule is O=C1CC(CO)CN1c1ccc2c(c1)C(O)CCC2. The summed E-state index contributed by atoms with van der Waals surface area (Å²) < 4.78 is 0. The maximum Gasteiger partial charge on any atom is 0.227 e. The van der Waals surface area contributed by atoms with E-state index in [1.807, 2.05) is 18.2 Å². The molecule has 102 valence electrons. The van der Waals surface area contributed by atoms with E-state index in [4.69, 9.17) is 5.11 Å². The van der Waals surface area contributed by atoms with E-state index >= 15 is 0 Å². The first-order valence-electron chi connectivity index (χ1n) is 6.91. The number of aliphatic hydroxyl groups excluding tert-OH is 2. The highest BCUT2D eigenvalue weighted by molar-refractivity contribution is 5.95. The molecule has 1 heterocycles. The number of carbonyl (C=O) groups is 1. The van der Waals surface area contributed by atoms with Crippen LogP contribution in [-0.4, -0.2) is 29.3 Å². The van der Waals surface area contributed by atoms with Gasteiger partial charge in [0.15, 0.2) is 0 Å². The molecule has 0 saturated carbocycles. The minimum atomic E-state index is -0.407. The Hall–Kier alpha value is -1.39. The Bertz CT molecular complexity index is 500. The molecule has 1 amide bonds. The molecule has 2 aliphatic rings. The van der Waals surface area contributed by atoms with Crippen molar-refractivity contribution in [3.8, 4) is 0 Å². The molecule has 1 fully saturated rings. The van der Waals surface area contributed by atoms with Crippen molar-refractivity contribution >= 4 is 11.6 Å². The number of fused-ring (bicyclic) bond motifs is 1. The Balaban J connectivity index is 1.90. The monoisotopic (exact) mass is 261 g/mol. The van der Waals surface area contributed by atoms with Crippen LogP contribution in [0, 0.1) is 5.92 Å². The Morgan fingerprint density at radius 2 is 2.21 bits per heavy atom. The maximum atomic E-state index is 11.9. The zero-order valence-electron chi connectivity index (χ0n) is 10.9. The molecule has 1 aromatic carbocycles. The van der Waals surface area contributed by atoms with Crippen molar-refractivity contribution in [2.24, 2.45) is 5.92 Å². The molecule has 3 rings (SSSR count). The summed E-state index contributed by atoms with van der Waals surface area (Å²) in [6.45, 7) is 0.625. The molecular formula is C15H19NO3. The number of hydrogen-bond acceptors (Lipinski definition) is 3. The number of nitrogens with zero attached hydrogens (tertiary/aromatic N) is 1. The van der Waals surface area contributed by atoms with Crippen LogP contribution in [-0.2, 0) is 11.2 Å². The first-order valence-corrected chi connectivity index (χ1v) is 6.91. The highest BCUT2D eigenvalue weighted by Crippen LogP contribution is 2.34. The number of rotatable bonds is 2. The van der Waals surface area contributed by atoms with E-state index in [0.717, 1.165) is 30.5 Å². The van der Waals surface area contributed by atoms with Gasteiger partial charge in [0.05, 0.1) is 6.10 Å². The first-order chi connectivity index (χ1) is 9.19. The van der Waals surface area contributed by atoms with Crippen molar-refractivity contribution in [2.45, 2.75) is 31.8 Å². The van der Waals surface area contributed by atoms with Gasteiger partial charge in [-0.05, 0) is 42.5 Å². The molecule has 0 bridgehead atoms. The fraction of sp³-hybridized carbons (Fsp3) is 0.533. The van der Waals surface area contributed by atoms with Crippen molar-refractivity contribution in [3.63, 3.8) is 0 Å². The van der Waals surface area contributed by atoms with Crippen molar-refractivity contribution in [1.29, 1.82) is 0 Å². The normalized spacial score (nSPS) is 26.6. The summed E-state index contributed by atoms with van der Waals surface area (Å²) in [5.74, 6) is 0.0951. The van der Waals surface area contributed by atoms with Crippen LogP contribution < -0.4 is 4.90 Å². The molecule has 2 N–H and O–H groups in total. The van der Waals surface area contributed by atoms with Gasteiger partial charge in [-0.2, -0.15) is 0 Å². The van der Waals surface area contributed by atoms with E-state index in [9.17, 15) is 9.90 Å². The van der Waals surface area contributed by atoms with Gasteiger partial charge in [0, 0.05) is 31.2 Å². The Morgan fingerprint density at radius 1 is 1.37 bits per heavy atom. The van der Waals surface area contributed by atoms with Crippen LogP contribution >= 0.6 is 0 Å². The molecule has 0 spiro atoms. The summed E-state index contributed by atoms with van der Waals surface area (Å²) in [6, 6.07) is 5.91. The van der Waals surface area contributed by atoms with Crippen LogP contribution in [0.4, 0.5) is 5.69 Å². The van der Waals surface area contributed by atoms with Crippen molar-refractivity contribution in [3.05, 3.63) is 29.3 Å². The second-order valence-corrected chi connectivity index (χ2v) is 5.55. The fourth-order valence-electron chi connectivity index (χ4n) is 3.08. The largest absolute Gasteiger partial charge is 0.396 e. The van der Waals surface area contributed by atoms with Crippen molar-refractivity contribution in [1.82, 2.24) is 0 Å². The van der Waals surface area contributed by atoms with Gasteiger partial charge >= 0.3 is 0 Å². The molecule has 1 aliphatic heterocycles. The minimum Gasteiger partial charge on any atom is -0.396 e. The summed E-state index contributed by atoms with van der Waals surface area (Å²) >= 11 is 0. The lowest BCUT2D eigenvalue weighted by atomic mass is 9.89. The lowest BCUT2D eigenvalue weighted by molar-refractivity contribution is -0.117. The maximum absolute atomic E-state index is 11.9. The molecule has 1 aromatic rings. The van der Waals surface area contributed by atoms with Gasteiger partial charge in [0.25, 0.3) is 0 Å². The number of amides is 1. The lowest BCUT2D eigenvalue weighted by Crippen LogP contribution is -2.25. The van der Waals surface area contributed by atoms with Crippen LogP contribution in [0.3, 0.4) is 0 Å². The summed E-state index contributed by atoms with van der Waals surface area (Å²) in [6.07, 6.45) is 2.82. The van der Waals surface area contributed by atoms with E-state index in [2.05, 4.69) is 0 Å². The fourth-order valence-corrected chi connectivity index (χ4v) is 3.08. The number of anilines is 1. The molecule has 4 heteroatoms. The quantitative estimate of drug-likeness (QED) is 0.846. The highest BCUT2D eigenvalue weighted by atomic mass is 16.3. The predicted octanol–water partition coefficient (Wildman–Crippen LogP) is 1.40. The van der Waals surface area contributed by atoms with Gasteiger partial charge in [0.2, 0.25) is 5.91 Å². The second kappa shape index (κ2) is 4.94. The van der Waals surface area contributed by atoms with E-state index in [-0.39, 0.29) is 18.4 Å². The molecule has 1 aliphatic carbocycles. The third-order valence-electron chi connectivity index (χ3n) is 4.19. The van der Waals surface area contributed by atoms with Gasteiger partial charge in [-0.1, -0.05) is 6.07 Å². The average Bonchev–Trinajstić information content (AvgIpc) is 2.80. The number of aliphatic hydroxyl groups is 2. The highest BCUT2D eigenvalue weighted by Gasteiger charge is 2.30. The zero-order chi connectivity index (χ0) is 13.4. The number of carbonyl (C=O) groups excluding carboxylic acids is 1. The standard InChI is InChI=1S/C15H19NO3/c17-9-10-6-15(19)16(8-10)12-5-4-11-2-1-3-14(18)13(11)7-12/h4-5,7,10,14,17-18H,1-3,6,8-9H2. The summed E-state index contributed by atoms with van der Waals surface area (Å²) in [5, 5.41) is 19.2. The molecule has 4 nitrogen and oxygen atoms in total. The summed E-state index contributed by atoms with van der Waals surface area (Å²) in [4.78, 5) is 13.7. The Morgan fingerprint density at radius 3 is 2.95 bits per heavy atom. The molecule has 1 saturated heterocycles. The van der Waals surface area contributed by atoms with E-state index in [1.54, 1.807) is 4.90 Å². The van der Waals surface area contributed by atoms with Gasteiger partial charge in [-0.3, -0.25) is 4.79 Å². The predicted molar refractivity (Wildman–Crippen MR) is 71.9 cm³/mol. The van der Waals surface area contributed by atoms with E-state index in [0.29, 0.717) is 13.0 Å². The van der Waals surface area contributed by atoms with Crippen molar-refractivity contribution in [2.75, 3.05) is 18.1 Å². The van der Waals surface area contributed by atoms with E-state index in [1.165, 1.54) is 5.56 Å². The van der Waals surface area contributed by atoms with Gasteiger partial charge < -0.3 is 15.1 Å². The lowest BCUT2D eigenvalue weighted by Gasteiger charge is -2.24. The molecule has 0 radical (unpaired) electrons. The zero-order valence-corrected chi connectivity index (χ0v) is 10.9. The van der Waals surface area contributed by atoms with Crippen molar-refractivity contribution < 1.29 is 15.0 Å². The molecular weight excluding hydrogens is 242 g/mol. The Kier molecular flexibility index (Phi) is 3.29. The Labute approximate surface area is 112 Å². The second-order valence-electron chi connectivity index (χ2n) is 5.55. The van der Waals surface area contributed by atoms with Gasteiger partial charge in [-0.25, -0.2) is 0 Å². The van der Waals surface area contributed by atoms with Gasteiger partial charge in [-0.15, -0.1) is 0 Å². The molecule has 19 heavy (non-hydrogen) atoms. The molecule has 2 unspecified atom stereocenters. The number of hydrogen-bond donors (Lipinski definition) is 2. The molecule has 2 atom stereocenters. The van der Waals surface area contributed by atoms with Gasteiger partial charge in [0.1, 0.15) is 0 Å². The third-order valence-corrected chi connectivity index (χ3v) is 4.19. The minimum absolute atomic E-state index is 0.0356. The number of benzene rings is 1. The smallest absolute Gasteiger partial charge is 0.227 e. The van der Waals surface area contributed by atoms with Crippen LogP contribution in [0.5, 0.6) is 0 Å². The topological polar surface area (TPSA) is 60.8 Å².